The average Bonchev–Trinajstić information content (AvgIpc) is 2.11. The van der Waals surface area contributed by atoms with Gasteiger partial charge < -0.3 is 21.3 Å². The van der Waals surface area contributed by atoms with Gasteiger partial charge in [0.15, 0.2) is 0 Å². The number of aliphatic carboxylic acids is 1. The summed E-state index contributed by atoms with van der Waals surface area (Å²) in [5.41, 5.74) is 5.53. The molecule has 0 saturated carbocycles. The molecule has 0 spiro atoms. The highest BCUT2D eigenvalue weighted by Crippen LogP contribution is 2.02. The van der Waals surface area contributed by atoms with Crippen molar-refractivity contribution in [2.45, 2.75) is 32.4 Å². The molecule has 0 aromatic heterocycles. The van der Waals surface area contributed by atoms with Crippen LogP contribution in [-0.2, 0) is 9.59 Å². The average molecular weight is 218 g/mol. The second kappa shape index (κ2) is 6.36. The van der Waals surface area contributed by atoms with Crippen LogP contribution in [0.25, 0.3) is 0 Å². The fourth-order valence-electron chi connectivity index (χ4n) is 1.08. The summed E-state index contributed by atoms with van der Waals surface area (Å²) in [7, 11) is 0. The second-order valence-corrected chi connectivity index (χ2v) is 3.82. The van der Waals surface area contributed by atoms with Gasteiger partial charge in [0.05, 0.1) is 12.6 Å². The Kier molecular flexibility index (Phi) is 5.88. The molecule has 0 aliphatic carbocycles. The second-order valence-electron chi connectivity index (χ2n) is 3.82. The first-order valence-electron chi connectivity index (χ1n) is 4.78. The number of nitrogens with two attached hydrogens (primary N) is 1. The number of aliphatic hydroxyl groups excluding tert-OH is 1. The highest BCUT2D eigenvalue weighted by atomic mass is 16.4. The van der Waals surface area contributed by atoms with Gasteiger partial charge in [-0.2, -0.15) is 0 Å². The molecule has 88 valence electrons. The molecule has 0 aromatic carbocycles. The van der Waals surface area contributed by atoms with E-state index in [0.29, 0.717) is 6.42 Å². The summed E-state index contributed by atoms with van der Waals surface area (Å²) in [6, 6.07) is -2.02. The lowest BCUT2D eigenvalue weighted by molar-refractivity contribution is -0.143. The Morgan fingerprint density at radius 2 is 1.93 bits per heavy atom. The van der Waals surface area contributed by atoms with Crippen LogP contribution in [0.3, 0.4) is 0 Å². The summed E-state index contributed by atoms with van der Waals surface area (Å²) in [6.07, 6.45) is 0.476. The smallest absolute Gasteiger partial charge is 0.328 e. The van der Waals surface area contributed by atoms with Crippen LogP contribution in [0.1, 0.15) is 20.3 Å². The Hall–Kier alpha value is -1.14. The lowest BCUT2D eigenvalue weighted by atomic mass is 10.0. The first-order valence-corrected chi connectivity index (χ1v) is 4.78. The number of carbonyl (C=O) groups is 2. The molecule has 0 rings (SSSR count). The minimum atomic E-state index is -1.28. The van der Waals surface area contributed by atoms with Gasteiger partial charge in [0.25, 0.3) is 0 Å². The Morgan fingerprint density at radius 1 is 1.40 bits per heavy atom. The zero-order chi connectivity index (χ0) is 12.0. The molecule has 5 N–H and O–H groups in total. The quantitative estimate of drug-likeness (QED) is 0.453. The molecule has 1 amide bonds. The lowest BCUT2D eigenvalue weighted by Gasteiger charge is -2.17. The molecule has 6 heteroatoms. The molecule has 1 unspecified atom stereocenters. The van der Waals surface area contributed by atoms with E-state index in [4.69, 9.17) is 15.9 Å². The number of nitrogens with one attached hydrogen (secondary N) is 1. The monoisotopic (exact) mass is 218 g/mol. The Labute approximate surface area is 88.5 Å². The van der Waals surface area contributed by atoms with Crippen molar-refractivity contribution in [3.8, 4) is 0 Å². The molecule has 6 nitrogen and oxygen atoms in total. The SMILES string of the molecule is CC(C)CC(N)C(=O)N[C@H](CO)C(=O)O. The van der Waals surface area contributed by atoms with Gasteiger partial charge in [-0.3, -0.25) is 4.79 Å². The Morgan fingerprint density at radius 3 is 2.27 bits per heavy atom. The number of hydrogen-bond donors (Lipinski definition) is 4. The molecule has 2 atom stereocenters. The summed E-state index contributed by atoms with van der Waals surface area (Å²) < 4.78 is 0. The third kappa shape index (κ3) is 5.34. The van der Waals surface area contributed by atoms with Crippen molar-refractivity contribution in [3.05, 3.63) is 0 Å². The molecular weight excluding hydrogens is 200 g/mol. The number of amides is 1. The van der Waals surface area contributed by atoms with E-state index in [1.165, 1.54) is 0 Å². The zero-order valence-corrected chi connectivity index (χ0v) is 8.93. The number of hydrogen-bond acceptors (Lipinski definition) is 4. The van der Waals surface area contributed by atoms with E-state index < -0.39 is 30.6 Å². The predicted molar refractivity (Wildman–Crippen MR) is 54.1 cm³/mol. The molecule has 0 aliphatic rings. The molecule has 0 saturated heterocycles. The maximum atomic E-state index is 11.3. The van der Waals surface area contributed by atoms with Crippen molar-refractivity contribution >= 4 is 11.9 Å². The third-order valence-electron chi connectivity index (χ3n) is 1.86. The summed E-state index contributed by atoms with van der Waals surface area (Å²) in [6.45, 7) is 3.18. The van der Waals surface area contributed by atoms with Crippen LogP contribution in [-0.4, -0.2) is 40.8 Å². The van der Waals surface area contributed by atoms with Gasteiger partial charge in [-0.05, 0) is 12.3 Å². The minimum absolute atomic E-state index is 0.253. The van der Waals surface area contributed by atoms with Crippen LogP contribution in [0, 0.1) is 5.92 Å². The van der Waals surface area contributed by atoms with Gasteiger partial charge in [-0.15, -0.1) is 0 Å². The van der Waals surface area contributed by atoms with Gasteiger partial charge in [-0.1, -0.05) is 13.8 Å². The van der Waals surface area contributed by atoms with E-state index in [1.54, 1.807) is 0 Å². The first-order chi connectivity index (χ1) is 6.88. The number of rotatable bonds is 6. The van der Waals surface area contributed by atoms with Gasteiger partial charge in [0.2, 0.25) is 5.91 Å². The van der Waals surface area contributed by atoms with E-state index in [0.717, 1.165) is 0 Å². The van der Waals surface area contributed by atoms with Gasteiger partial charge in [0, 0.05) is 0 Å². The van der Waals surface area contributed by atoms with Gasteiger partial charge in [0.1, 0.15) is 6.04 Å². The maximum Gasteiger partial charge on any atom is 0.328 e. The molecule has 0 bridgehead atoms. The number of carboxylic acids is 1. The number of carbonyl (C=O) groups excluding carboxylic acids is 1. The van der Waals surface area contributed by atoms with E-state index >= 15 is 0 Å². The van der Waals surface area contributed by atoms with Crippen LogP contribution < -0.4 is 11.1 Å². The predicted octanol–water partition coefficient (Wildman–Crippen LogP) is -1.08. The van der Waals surface area contributed by atoms with E-state index in [1.807, 2.05) is 13.8 Å². The van der Waals surface area contributed by atoms with E-state index in [2.05, 4.69) is 5.32 Å². The van der Waals surface area contributed by atoms with Gasteiger partial charge in [-0.25, -0.2) is 4.79 Å². The Bertz CT molecular complexity index is 230. The normalized spacial score (nSPS) is 14.7. The van der Waals surface area contributed by atoms with Crippen LogP contribution in [0.2, 0.25) is 0 Å². The standard InChI is InChI=1S/C9H18N2O4/c1-5(2)3-6(10)8(13)11-7(4-12)9(14)15/h5-7,12H,3-4,10H2,1-2H3,(H,11,13)(H,14,15)/t6?,7-/m1/s1. The largest absolute Gasteiger partial charge is 0.480 e. The first kappa shape index (κ1) is 13.9. The minimum Gasteiger partial charge on any atom is -0.480 e. The van der Waals surface area contributed by atoms with Crippen molar-refractivity contribution in [2.24, 2.45) is 11.7 Å². The maximum absolute atomic E-state index is 11.3. The topological polar surface area (TPSA) is 113 Å². The molecular formula is C9H18N2O4. The fraction of sp³-hybridized carbons (Fsp3) is 0.778. The number of carboxylic acid groups (broad SMARTS) is 1. The summed E-state index contributed by atoms with van der Waals surface area (Å²) in [5, 5.41) is 19.4. The van der Waals surface area contributed by atoms with Gasteiger partial charge >= 0.3 is 5.97 Å². The molecule has 0 radical (unpaired) electrons. The Balaban J connectivity index is 4.16. The number of aliphatic hydroxyl groups is 1. The van der Waals surface area contributed by atoms with Crippen molar-refractivity contribution in [1.29, 1.82) is 0 Å². The fourth-order valence-corrected chi connectivity index (χ4v) is 1.08. The summed E-state index contributed by atoms with van der Waals surface area (Å²) in [5.74, 6) is -1.57. The van der Waals surface area contributed by atoms with E-state index in [-0.39, 0.29) is 5.92 Å². The van der Waals surface area contributed by atoms with Crippen molar-refractivity contribution in [2.75, 3.05) is 6.61 Å². The summed E-state index contributed by atoms with van der Waals surface area (Å²) >= 11 is 0. The third-order valence-corrected chi connectivity index (χ3v) is 1.86. The molecule has 0 fully saturated rings. The van der Waals surface area contributed by atoms with Crippen LogP contribution in [0.4, 0.5) is 0 Å². The van der Waals surface area contributed by atoms with Crippen LogP contribution in [0.5, 0.6) is 0 Å². The van der Waals surface area contributed by atoms with Crippen molar-refractivity contribution in [3.63, 3.8) is 0 Å². The molecule has 0 aromatic rings. The molecule has 15 heavy (non-hydrogen) atoms. The zero-order valence-electron chi connectivity index (χ0n) is 8.93. The van der Waals surface area contributed by atoms with Crippen LogP contribution >= 0.6 is 0 Å². The van der Waals surface area contributed by atoms with Crippen molar-refractivity contribution in [1.82, 2.24) is 5.32 Å². The molecule has 0 heterocycles. The summed E-state index contributed by atoms with van der Waals surface area (Å²) in [4.78, 5) is 21.8. The van der Waals surface area contributed by atoms with Crippen LogP contribution in [0.15, 0.2) is 0 Å². The molecule has 0 aliphatic heterocycles. The van der Waals surface area contributed by atoms with Crippen molar-refractivity contribution < 1.29 is 19.8 Å². The lowest BCUT2D eigenvalue weighted by Crippen LogP contribution is -2.50. The highest BCUT2D eigenvalue weighted by Gasteiger charge is 2.22. The highest BCUT2D eigenvalue weighted by molar-refractivity contribution is 5.86. The van der Waals surface area contributed by atoms with E-state index in [9.17, 15) is 9.59 Å².